The van der Waals surface area contributed by atoms with Crippen molar-refractivity contribution >= 4 is 34.8 Å². The van der Waals surface area contributed by atoms with Crippen molar-refractivity contribution in [3.05, 3.63) is 52.2 Å². The fourth-order valence-electron chi connectivity index (χ4n) is 3.54. The van der Waals surface area contributed by atoms with Crippen LogP contribution >= 0.6 is 11.3 Å². The molecule has 1 aromatic heterocycles. The lowest BCUT2D eigenvalue weighted by Gasteiger charge is -2.34. The molecule has 1 aromatic carbocycles. The zero-order chi connectivity index (χ0) is 21.3. The molecular weight excluding hydrogens is 402 g/mol. The highest BCUT2D eigenvalue weighted by Crippen LogP contribution is 2.24. The number of hydrogen-bond donors (Lipinski definition) is 2. The number of hydrogen-bond acceptors (Lipinski definition) is 6. The number of methoxy groups -OCH3 is 1. The Morgan fingerprint density at radius 3 is 2.60 bits per heavy atom. The van der Waals surface area contributed by atoms with Crippen molar-refractivity contribution in [2.24, 2.45) is 0 Å². The normalized spacial score (nSPS) is 14.2. The van der Waals surface area contributed by atoms with Crippen molar-refractivity contribution in [1.29, 1.82) is 0 Å². The molecule has 2 aromatic rings. The number of anilines is 1. The quantitative estimate of drug-likeness (QED) is 0.497. The van der Waals surface area contributed by atoms with Crippen LogP contribution in [0.15, 0.2) is 41.8 Å². The highest BCUT2D eigenvalue weighted by Gasteiger charge is 2.24. The van der Waals surface area contributed by atoms with Gasteiger partial charge in [-0.3, -0.25) is 14.4 Å². The number of esters is 1. The van der Waals surface area contributed by atoms with Gasteiger partial charge in [0.05, 0.1) is 12.7 Å². The Morgan fingerprint density at radius 1 is 1.13 bits per heavy atom. The first-order valence-electron chi connectivity index (χ1n) is 10.1. The van der Waals surface area contributed by atoms with E-state index in [1.165, 1.54) is 12.0 Å². The van der Waals surface area contributed by atoms with Crippen LogP contribution in [0.5, 0.6) is 0 Å². The summed E-state index contributed by atoms with van der Waals surface area (Å²) in [5.74, 6) is -0.926. The molecule has 2 amide bonds. The van der Waals surface area contributed by atoms with Gasteiger partial charge in [-0.1, -0.05) is 18.2 Å². The first-order chi connectivity index (χ1) is 14.6. The summed E-state index contributed by atoms with van der Waals surface area (Å²) < 4.78 is 4.52. The minimum Gasteiger partial charge on any atom is -0.469 e. The van der Waals surface area contributed by atoms with Crippen LogP contribution in [0.25, 0.3) is 0 Å². The molecule has 30 heavy (non-hydrogen) atoms. The van der Waals surface area contributed by atoms with Crippen LogP contribution in [-0.2, 0) is 20.7 Å². The van der Waals surface area contributed by atoms with Gasteiger partial charge in [-0.2, -0.15) is 0 Å². The fraction of sp³-hybridized carbons (Fsp3) is 0.409. The van der Waals surface area contributed by atoms with Gasteiger partial charge in [0.25, 0.3) is 5.91 Å². The Morgan fingerprint density at radius 2 is 1.90 bits per heavy atom. The molecule has 1 aliphatic heterocycles. The van der Waals surface area contributed by atoms with Crippen LogP contribution in [-0.4, -0.2) is 50.6 Å². The molecule has 0 unspecified atom stereocenters. The number of nitrogens with one attached hydrogen (secondary N) is 2. The minimum atomic E-state index is -0.538. The largest absolute Gasteiger partial charge is 0.469 e. The molecule has 0 saturated carbocycles. The Labute approximate surface area is 180 Å². The predicted octanol–water partition coefficient (Wildman–Crippen LogP) is 2.37. The van der Waals surface area contributed by atoms with E-state index in [1.54, 1.807) is 11.3 Å². The molecule has 8 heteroatoms. The van der Waals surface area contributed by atoms with Crippen molar-refractivity contribution in [3.63, 3.8) is 0 Å². The fourth-order valence-corrected chi connectivity index (χ4v) is 4.25. The topological polar surface area (TPSA) is 87.7 Å². The number of carbonyl (C=O) groups excluding carboxylic acids is 3. The average Bonchev–Trinajstić information content (AvgIpc) is 3.27. The summed E-state index contributed by atoms with van der Waals surface area (Å²) in [6.45, 7) is 2.05. The minimum absolute atomic E-state index is 0.0187. The molecule has 2 N–H and O–H groups in total. The zero-order valence-corrected chi connectivity index (χ0v) is 17.9. The number of benzene rings is 1. The molecule has 0 radical (unpaired) electrons. The molecular formula is C22H27N3O4S. The van der Waals surface area contributed by atoms with Crippen LogP contribution in [0.3, 0.4) is 0 Å². The lowest BCUT2D eigenvalue weighted by molar-refractivity contribution is -0.144. The second kappa shape index (κ2) is 10.8. The molecule has 0 aliphatic carbocycles. The Hall–Kier alpha value is -2.87. The summed E-state index contributed by atoms with van der Waals surface area (Å²) in [7, 11) is 1.27. The van der Waals surface area contributed by atoms with E-state index >= 15 is 0 Å². The molecule has 3 rings (SSSR count). The first kappa shape index (κ1) is 21.8. The van der Waals surface area contributed by atoms with Gasteiger partial charge in [-0.25, -0.2) is 0 Å². The molecule has 0 spiro atoms. The molecule has 1 fully saturated rings. The van der Waals surface area contributed by atoms with Gasteiger partial charge in [0.15, 0.2) is 0 Å². The third-order valence-corrected chi connectivity index (χ3v) is 6.06. The molecule has 0 atom stereocenters. The van der Waals surface area contributed by atoms with Gasteiger partial charge in [0.1, 0.15) is 6.42 Å². The van der Waals surface area contributed by atoms with Gasteiger partial charge in [-0.15, -0.1) is 11.3 Å². The SMILES string of the molecule is COC(=O)CC(=O)NC1CCN(c2ccccc2C(=O)NCCc2cccs2)CC1. The summed E-state index contributed by atoms with van der Waals surface area (Å²) in [4.78, 5) is 39.3. The van der Waals surface area contributed by atoms with Crippen molar-refractivity contribution in [2.45, 2.75) is 31.7 Å². The van der Waals surface area contributed by atoms with E-state index < -0.39 is 5.97 Å². The van der Waals surface area contributed by atoms with E-state index in [2.05, 4.69) is 26.3 Å². The molecule has 0 bridgehead atoms. The summed E-state index contributed by atoms with van der Waals surface area (Å²) in [6.07, 6.45) is 2.07. The van der Waals surface area contributed by atoms with Crippen LogP contribution in [0.1, 0.15) is 34.5 Å². The Kier molecular flexibility index (Phi) is 7.84. The van der Waals surface area contributed by atoms with Gasteiger partial charge in [0, 0.05) is 36.2 Å². The molecule has 1 aliphatic rings. The maximum absolute atomic E-state index is 12.7. The number of amides is 2. The van der Waals surface area contributed by atoms with E-state index in [9.17, 15) is 14.4 Å². The lowest BCUT2D eigenvalue weighted by Crippen LogP contribution is -2.45. The monoisotopic (exact) mass is 429 g/mol. The molecule has 1 saturated heterocycles. The van der Waals surface area contributed by atoms with Gasteiger partial charge < -0.3 is 20.3 Å². The van der Waals surface area contributed by atoms with Crippen LogP contribution < -0.4 is 15.5 Å². The standard InChI is InChI=1S/C22H27N3O4S/c1-29-21(27)15-20(26)24-16-9-12-25(13-10-16)19-7-3-2-6-18(19)22(28)23-11-8-17-5-4-14-30-17/h2-7,14,16H,8-13,15H2,1H3,(H,23,28)(H,24,26). The number of nitrogens with zero attached hydrogens (tertiary/aromatic N) is 1. The highest BCUT2D eigenvalue weighted by molar-refractivity contribution is 7.09. The second-order valence-electron chi connectivity index (χ2n) is 7.18. The summed E-state index contributed by atoms with van der Waals surface area (Å²) in [5.41, 5.74) is 1.57. The zero-order valence-electron chi connectivity index (χ0n) is 17.1. The van der Waals surface area contributed by atoms with E-state index in [4.69, 9.17) is 0 Å². The van der Waals surface area contributed by atoms with Crippen molar-refractivity contribution in [3.8, 4) is 0 Å². The van der Waals surface area contributed by atoms with Crippen molar-refractivity contribution < 1.29 is 19.1 Å². The second-order valence-corrected chi connectivity index (χ2v) is 8.22. The number of rotatable bonds is 8. The number of carbonyl (C=O) groups is 3. The summed E-state index contributed by atoms with van der Waals surface area (Å²) in [5, 5.41) is 7.94. The van der Waals surface area contributed by atoms with Gasteiger partial charge in [-0.05, 0) is 42.8 Å². The Balaban J connectivity index is 1.52. The van der Waals surface area contributed by atoms with Crippen molar-refractivity contribution in [1.82, 2.24) is 10.6 Å². The first-order valence-corrected chi connectivity index (χ1v) is 11.0. The maximum Gasteiger partial charge on any atom is 0.315 e. The molecule has 160 valence electrons. The number of piperidine rings is 1. The van der Waals surface area contributed by atoms with Crippen LogP contribution in [0, 0.1) is 0 Å². The maximum atomic E-state index is 12.7. The highest BCUT2D eigenvalue weighted by atomic mass is 32.1. The third-order valence-electron chi connectivity index (χ3n) is 5.12. The summed E-state index contributed by atoms with van der Waals surface area (Å²) in [6, 6.07) is 11.7. The predicted molar refractivity (Wildman–Crippen MR) is 117 cm³/mol. The van der Waals surface area contributed by atoms with E-state index in [0.29, 0.717) is 12.1 Å². The van der Waals surface area contributed by atoms with E-state index in [-0.39, 0.29) is 24.3 Å². The number of thiophene rings is 1. The van der Waals surface area contributed by atoms with Crippen molar-refractivity contribution in [2.75, 3.05) is 31.6 Å². The Bertz CT molecular complexity index is 861. The third kappa shape index (κ3) is 6.06. The number of ether oxygens (including phenoxy) is 1. The summed E-state index contributed by atoms with van der Waals surface area (Å²) >= 11 is 1.69. The van der Waals surface area contributed by atoms with Crippen LogP contribution in [0.4, 0.5) is 5.69 Å². The van der Waals surface area contributed by atoms with E-state index in [1.807, 2.05) is 35.7 Å². The van der Waals surface area contributed by atoms with Gasteiger partial charge >= 0.3 is 5.97 Å². The smallest absolute Gasteiger partial charge is 0.315 e. The molecule has 7 nitrogen and oxygen atoms in total. The molecule has 2 heterocycles. The lowest BCUT2D eigenvalue weighted by atomic mass is 10.0. The van der Waals surface area contributed by atoms with Gasteiger partial charge in [0.2, 0.25) is 5.91 Å². The number of para-hydroxylation sites is 1. The van der Waals surface area contributed by atoms with E-state index in [0.717, 1.165) is 38.0 Å². The average molecular weight is 430 g/mol. The van der Waals surface area contributed by atoms with Crippen LogP contribution in [0.2, 0.25) is 0 Å².